The quantitative estimate of drug-likeness (QED) is 0.914. The van der Waals surface area contributed by atoms with Gasteiger partial charge in [0.05, 0.1) is 11.8 Å². The minimum Gasteiger partial charge on any atom is -0.491 e. The molecule has 4 heteroatoms. The fourth-order valence-corrected chi connectivity index (χ4v) is 1.99. The van der Waals surface area contributed by atoms with Gasteiger partial charge in [0.25, 0.3) is 0 Å². The first-order chi connectivity index (χ1) is 9.11. The standard InChI is InChI=1S/C15H19N3O/c1-4-13-14(17-9-18-15(13)16)11-5-7-12(8-6-11)19-10(2)3/h5-10H,4H2,1-3H3,(H2,16,17,18). The number of nitrogens with zero attached hydrogens (tertiary/aromatic N) is 2. The summed E-state index contributed by atoms with van der Waals surface area (Å²) in [5, 5.41) is 0. The summed E-state index contributed by atoms with van der Waals surface area (Å²) in [6, 6.07) is 7.90. The van der Waals surface area contributed by atoms with Crippen LogP contribution in [0.5, 0.6) is 5.75 Å². The molecule has 2 rings (SSSR count). The Hall–Kier alpha value is -2.10. The molecule has 1 heterocycles. The zero-order valence-electron chi connectivity index (χ0n) is 11.6. The Morgan fingerprint density at radius 3 is 2.42 bits per heavy atom. The van der Waals surface area contributed by atoms with Crippen molar-refractivity contribution < 1.29 is 4.74 Å². The summed E-state index contributed by atoms with van der Waals surface area (Å²) in [6.45, 7) is 6.07. The van der Waals surface area contributed by atoms with Crippen LogP contribution in [0.1, 0.15) is 26.3 Å². The number of nitrogens with two attached hydrogens (primary N) is 1. The average molecular weight is 257 g/mol. The van der Waals surface area contributed by atoms with E-state index in [-0.39, 0.29) is 6.10 Å². The highest BCUT2D eigenvalue weighted by atomic mass is 16.5. The number of ether oxygens (including phenoxy) is 1. The van der Waals surface area contributed by atoms with E-state index in [1.165, 1.54) is 6.33 Å². The van der Waals surface area contributed by atoms with Crippen molar-refractivity contribution in [2.45, 2.75) is 33.3 Å². The molecule has 0 bridgehead atoms. The molecule has 1 aromatic carbocycles. The normalized spacial score (nSPS) is 10.7. The van der Waals surface area contributed by atoms with Crippen molar-refractivity contribution in [3.05, 3.63) is 36.2 Å². The number of rotatable bonds is 4. The van der Waals surface area contributed by atoms with E-state index in [0.29, 0.717) is 5.82 Å². The van der Waals surface area contributed by atoms with Gasteiger partial charge < -0.3 is 10.5 Å². The van der Waals surface area contributed by atoms with E-state index in [0.717, 1.165) is 29.0 Å². The zero-order valence-corrected chi connectivity index (χ0v) is 11.6. The minimum absolute atomic E-state index is 0.173. The Morgan fingerprint density at radius 1 is 1.16 bits per heavy atom. The third-order valence-electron chi connectivity index (χ3n) is 2.83. The molecule has 0 aliphatic heterocycles. The highest BCUT2D eigenvalue weighted by Gasteiger charge is 2.09. The summed E-state index contributed by atoms with van der Waals surface area (Å²) < 4.78 is 5.63. The summed E-state index contributed by atoms with van der Waals surface area (Å²) >= 11 is 0. The Bertz CT molecular complexity index is 550. The van der Waals surface area contributed by atoms with Crippen LogP contribution in [-0.2, 0) is 6.42 Å². The highest BCUT2D eigenvalue weighted by molar-refractivity contribution is 5.67. The predicted octanol–water partition coefficient (Wildman–Crippen LogP) is 3.08. The summed E-state index contributed by atoms with van der Waals surface area (Å²) in [4.78, 5) is 8.37. The molecule has 2 aromatic rings. The molecule has 1 aromatic heterocycles. The zero-order chi connectivity index (χ0) is 13.8. The molecule has 0 aliphatic carbocycles. The molecule has 0 saturated carbocycles. The first-order valence-electron chi connectivity index (χ1n) is 6.48. The molecular formula is C15H19N3O. The van der Waals surface area contributed by atoms with Crippen LogP contribution in [0.25, 0.3) is 11.3 Å². The lowest BCUT2D eigenvalue weighted by atomic mass is 10.0. The van der Waals surface area contributed by atoms with Gasteiger partial charge in [-0.25, -0.2) is 9.97 Å². The molecule has 0 amide bonds. The van der Waals surface area contributed by atoms with Gasteiger partial charge in [-0.2, -0.15) is 0 Å². The van der Waals surface area contributed by atoms with Gasteiger partial charge in [0.2, 0.25) is 0 Å². The Labute approximate surface area is 113 Å². The second kappa shape index (κ2) is 5.69. The summed E-state index contributed by atoms with van der Waals surface area (Å²) in [5.41, 5.74) is 8.80. The Kier molecular flexibility index (Phi) is 4.00. The molecule has 0 atom stereocenters. The Balaban J connectivity index is 2.35. The van der Waals surface area contributed by atoms with Crippen LogP contribution >= 0.6 is 0 Å². The summed E-state index contributed by atoms with van der Waals surface area (Å²) in [5.74, 6) is 1.41. The fourth-order valence-electron chi connectivity index (χ4n) is 1.99. The smallest absolute Gasteiger partial charge is 0.130 e. The molecule has 0 unspecified atom stereocenters. The molecule has 0 saturated heterocycles. The maximum atomic E-state index is 5.89. The number of nitrogen functional groups attached to an aromatic ring is 1. The van der Waals surface area contributed by atoms with Crippen molar-refractivity contribution in [3.8, 4) is 17.0 Å². The largest absolute Gasteiger partial charge is 0.491 e. The monoisotopic (exact) mass is 257 g/mol. The molecule has 4 nitrogen and oxygen atoms in total. The summed E-state index contributed by atoms with van der Waals surface area (Å²) in [6.07, 6.45) is 2.49. The predicted molar refractivity (Wildman–Crippen MR) is 77.0 cm³/mol. The first kappa shape index (κ1) is 13.3. The molecule has 19 heavy (non-hydrogen) atoms. The van der Waals surface area contributed by atoms with Crippen LogP contribution in [-0.4, -0.2) is 16.1 Å². The second-order valence-corrected chi connectivity index (χ2v) is 4.63. The molecule has 0 spiro atoms. The van der Waals surface area contributed by atoms with Crippen molar-refractivity contribution in [1.82, 2.24) is 9.97 Å². The van der Waals surface area contributed by atoms with Crippen LogP contribution in [0.2, 0.25) is 0 Å². The molecule has 0 aliphatic rings. The van der Waals surface area contributed by atoms with E-state index in [2.05, 4.69) is 16.9 Å². The van der Waals surface area contributed by atoms with Gasteiger partial charge in [0.1, 0.15) is 17.9 Å². The van der Waals surface area contributed by atoms with E-state index < -0.39 is 0 Å². The minimum atomic E-state index is 0.173. The van der Waals surface area contributed by atoms with Crippen molar-refractivity contribution in [2.24, 2.45) is 0 Å². The SMILES string of the molecule is CCc1c(N)ncnc1-c1ccc(OC(C)C)cc1. The van der Waals surface area contributed by atoms with E-state index in [4.69, 9.17) is 10.5 Å². The van der Waals surface area contributed by atoms with Crippen molar-refractivity contribution in [1.29, 1.82) is 0 Å². The first-order valence-corrected chi connectivity index (χ1v) is 6.48. The van der Waals surface area contributed by atoms with Gasteiger partial charge in [-0.15, -0.1) is 0 Å². The van der Waals surface area contributed by atoms with Gasteiger partial charge in [-0.3, -0.25) is 0 Å². The van der Waals surface area contributed by atoms with Gasteiger partial charge in [0.15, 0.2) is 0 Å². The van der Waals surface area contributed by atoms with E-state index in [1.807, 2.05) is 38.1 Å². The number of benzene rings is 1. The second-order valence-electron chi connectivity index (χ2n) is 4.63. The maximum absolute atomic E-state index is 5.89. The van der Waals surface area contributed by atoms with Crippen LogP contribution in [0.3, 0.4) is 0 Å². The van der Waals surface area contributed by atoms with Gasteiger partial charge >= 0.3 is 0 Å². The van der Waals surface area contributed by atoms with Crippen LogP contribution in [0, 0.1) is 0 Å². The van der Waals surface area contributed by atoms with Gasteiger partial charge in [-0.1, -0.05) is 6.92 Å². The maximum Gasteiger partial charge on any atom is 0.130 e. The topological polar surface area (TPSA) is 61.0 Å². The average Bonchev–Trinajstić information content (AvgIpc) is 2.38. The third-order valence-corrected chi connectivity index (χ3v) is 2.83. The van der Waals surface area contributed by atoms with Crippen molar-refractivity contribution in [2.75, 3.05) is 5.73 Å². The highest BCUT2D eigenvalue weighted by Crippen LogP contribution is 2.26. The molecule has 100 valence electrons. The lowest BCUT2D eigenvalue weighted by molar-refractivity contribution is 0.242. The Morgan fingerprint density at radius 2 is 1.84 bits per heavy atom. The van der Waals surface area contributed by atoms with Crippen LogP contribution in [0.15, 0.2) is 30.6 Å². The van der Waals surface area contributed by atoms with Crippen LogP contribution < -0.4 is 10.5 Å². The van der Waals surface area contributed by atoms with Crippen molar-refractivity contribution in [3.63, 3.8) is 0 Å². The number of hydrogen-bond acceptors (Lipinski definition) is 4. The summed E-state index contributed by atoms with van der Waals surface area (Å²) in [7, 11) is 0. The fraction of sp³-hybridized carbons (Fsp3) is 0.333. The molecule has 0 radical (unpaired) electrons. The number of hydrogen-bond donors (Lipinski definition) is 1. The lowest BCUT2D eigenvalue weighted by Gasteiger charge is -2.11. The van der Waals surface area contributed by atoms with E-state index in [1.54, 1.807) is 0 Å². The lowest BCUT2D eigenvalue weighted by Crippen LogP contribution is -2.05. The van der Waals surface area contributed by atoms with Gasteiger partial charge in [-0.05, 0) is 44.5 Å². The number of anilines is 1. The van der Waals surface area contributed by atoms with E-state index >= 15 is 0 Å². The van der Waals surface area contributed by atoms with Crippen molar-refractivity contribution >= 4 is 5.82 Å². The molecular weight excluding hydrogens is 238 g/mol. The van der Waals surface area contributed by atoms with E-state index in [9.17, 15) is 0 Å². The number of aromatic nitrogens is 2. The van der Waals surface area contributed by atoms with Crippen LogP contribution in [0.4, 0.5) is 5.82 Å². The molecule has 0 fully saturated rings. The molecule has 2 N–H and O–H groups in total. The van der Waals surface area contributed by atoms with Gasteiger partial charge in [0, 0.05) is 11.1 Å². The third kappa shape index (κ3) is 3.02.